The molecular weight excluding hydrogens is 320 g/mol. The van der Waals surface area contributed by atoms with Gasteiger partial charge in [-0.15, -0.1) is 0 Å². The van der Waals surface area contributed by atoms with Gasteiger partial charge >= 0.3 is 0 Å². The number of halogens is 1. The van der Waals surface area contributed by atoms with Crippen LogP contribution < -0.4 is 5.32 Å². The van der Waals surface area contributed by atoms with Gasteiger partial charge in [-0.3, -0.25) is 9.78 Å². The van der Waals surface area contributed by atoms with E-state index in [-0.39, 0.29) is 11.9 Å². The van der Waals surface area contributed by atoms with E-state index in [2.05, 4.69) is 10.3 Å². The highest BCUT2D eigenvalue weighted by Crippen LogP contribution is 2.23. The maximum atomic E-state index is 12.5. The third kappa shape index (κ3) is 4.21. The van der Waals surface area contributed by atoms with Gasteiger partial charge in [-0.1, -0.05) is 60.1 Å². The minimum Gasteiger partial charge on any atom is -0.345 e. The van der Waals surface area contributed by atoms with Crippen LogP contribution in [-0.2, 0) is 11.2 Å². The molecule has 0 bridgehead atoms. The molecule has 0 fully saturated rings. The summed E-state index contributed by atoms with van der Waals surface area (Å²) in [6, 6.07) is 20.7. The van der Waals surface area contributed by atoms with Crippen molar-refractivity contribution >= 4 is 17.5 Å². The van der Waals surface area contributed by atoms with Crippen LogP contribution in [0.15, 0.2) is 79.1 Å². The topological polar surface area (TPSA) is 42.0 Å². The van der Waals surface area contributed by atoms with Crippen LogP contribution in [0.4, 0.5) is 0 Å². The lowest BCUT2D eigenvalue weighted by Crippen LogP contribution is -2.30. The highest BCUT2D eigenvalue weighted by Gasteiger charge is 2.17. The van der Waals surface area contributed by atoms with Gasteiger partial charge in [0.1, 0.15) is 0 Å². The third-order valence-corrected chi connectivity index (χ3v) is 3.99. The molecule has 1 aromatic heterocycles. The highest BCUT2D eigenvalue weighted by atomic mass is 35.5. The molecule has 0 saturated carbocycles. The average Bonchev–Trinajstić information content (AvgIpc) is 2.62. The molecule has 0 aliphatic heterocycles. The van der Waals surface area contributed by atoms with Crippen molar-refractivity contribution in [1.82, 2.24) is 10.3 Å². The Morgan fingerprint density at radius 3 is 2.38 bits per heavy atom. The number of hydrogen-bond donors (Lipinski definition) is 1. The van der Waals surface area contributed by atoms with Crippen molar-refractivity contribution in [2.45, 2.75) is 12.5 Å². The van der Waals surface area contributed by atoms with Crippen LogP contribution in [0.25, 0.3) is 0 Å². The van der Waals surface area contributed by atoms with Crippen molar-refractivity contribution in [2.75, 3.05) is 0 Å². The zero-order valence-corrected chi connectivity index (χ0v) is 13.8. The predicted octanol–water partition coefficient (Wildman–Crippen LogP) is 4.18. The number of aromatic nitrogens is 1. The Hall–Kier alpha value is -2.65. The number of carbonyl (C=O) groups excluding carboxylic acids is 1. The minimum atomic E-state index is -0.257. The summed E-state index contributed by atoms with van der Waals surface area (Å²) >= 11 is 5.98. The standard InChI is InChI=1S/C20H17ClN2O/c21-18-10-8-16(9-11-18)20(17-7-4-12-22-14-17)23-19(24)13-15-5-2-1-3-6-15/h1-12,14,20H,13H2,(H,23,24)/t20-/m1/s1. The molecule has 0 saturated heterocycles. The number of pyridine rings is 1. The molecule has 1 amide bonds. The van der Waals surface area contributed by atoms with Crippen LogP contribution in [0.2, 0.25) is 5.02 Å². The van der Waals surface area contributed by atoms with Gasteiger partial charge < -0.3 is 5.32 Å². The molecule has 3 nitrogen and oxygen atoms in total. The molecule has 1 atom stereocenters. The van der Waals surface area contributed by atoms with Crippen LogP contribution >= 0.6 is 11.6 Å². The van der Waals surface area contributed by atoms with Crippen molar-refractivity contribution < 1.29 is 4.79 Å². The van der Waals surface area contributed by atoms with Gasteiger partial charge in [0.15, 0.2) is 0 Å². The Bertz CT molecular complexity index is 789. The molecule has 0 unspecified atom stereocenters. The number of benzene rings is 2. The van der Waals surface area contributed by atoms with Crippen molar-refractivity contribution in [3.8, 4) is 0 Å². The molecule has 120 valence electrons. The van der Waals surface area contributed by atoms with Crippen LogP contribution in [-0.4, -0.2) is 10.9 Å². The minimum absolute atomic E-state index is 0.0370. The Balaban J connectivity index is 1.82. The lowest BCUT2D eigenvalue weighted by Gasteiger charge is -2.19. The third-order valence-electron chi connectivity index (χ3n) is 3.73. The first-order valence-corrected chi connectivity index (χ1v) is 8.09. The Kier molecular flexibility index (Phi) is 5.24. The first-order valence-electron chi connectivity index (χ1n) is 7.71. The predicted molar refractivity (Wildman–Crippen MR) is 95.8 cm³/mol. The zero-order chi connectivity index (χ0) is 16.8. The molecule has 0 radical (unpaired) electrons. The largest absolute Gasteiger partial charge is 0.345 e. The van der Waals surface area contributed by atoms with E-state index in [1.54, 1.807) is 12.4 Å². The smallest absolute Gasteiger partial charge is 0.225 e. The quantitative estimate of drug-likeness (QED) is 0.759. The lowest BCUT2D eigenvalue weighted by molar-refractivity contribution is -0.120. The lowest BCUT2D eigenvalue weighted by atomic mass is 9.99. The van der Waals surface area contributed by atoms with Crippen molar-refractivity contribution in [3.05, 3.63) is 101 Å². The van der Waals surface area contributed by atoms with Crippen LogP contribution in [0, 0.1) is 0 Å². The normalized spacial score (nSPS) is 11.7. The summed E-state index contributed by atoms with van der Waals surface area (Å²) in [4.78, 5) is 16.6. The first kappa shape index (κ1) is 16.2. The molecule has 3 rings (SSSR count). The van der Waals surface area contributed by atoms with E-state index in [0.29, 0.717) is 11.4 Å². The molecule has 3 aromatic rings. The van der Waals surface area contributed by atoms with E-state index in [1.807, 2.05) is 66.7 Å². The maximum Gasteiger partial charge on any atom is 0.225 e. The summed E-state index contributed by atoms with van der Waals surface area (Å²) < 4.78 is 0. The fourth-order valence-electron chi connectivity index (χ4n) is 2.55. The Morgan fingerprint density at radius 2 is 1.71 bits per heavy atom. The van der Waals surface area contributed by atoms with Gasteiger partial charge in [-0.25, -0.2) is 0 Å². The molecule has 0 aliphatic rings. The first-order chi connectivity index (χ1) is 11.7. The number of carbonyl (C=O) groups is 1. The molecular formula is C20H17ClN2O. The van der Waals surface area contributed by atoms with Gasteiger partial charge in [0.25, 0.3) is 0 Å². The van der Waals surface area contributed by atoms with Crippen molar-refractivity contribution in [2.24, 2.45) is 0 Å². The molecule has 2 aromatic carbocycles. The van der Waals surface area contributed by atoms with Crippen LogP contribution in [0.5, 0.6) is 0 Å². The van der Waals surface area contributed by atoms with E-state index >= 15 is 0 Å². The van der Waals surface area contributed by atoms with Crippen molar-refractivity contribution in [1.29, 1.82) is 0 Å². The zero-order valence-electron chi connectivity index (χ0n) is 13.0. The molecule has 0 spiro atoms. The monoisotopic (exact) mass is 336 g/mol. The van der Waals surface area contributed by atoms with Crippen LogP contribution in [0.3, 0.4) is 0 Å². The van der Waals surface area contributed by atoms with E-state index in [9.17, 15) is 4.79 Å². The number of nitrogens with one attached hydrogen (secondary N) is 1. The second-order valence-corrected chi connectivity index (χ2v) is 5.94. The summed E-state index contributed by atoms with van der Waals surface area (Å²) in [7, 11) is 0. The average molecular weight is 337 g/mol. The van der Waals surface area contributed by atoms with E-state index in [0.717, 1.165) is 16.7 Å². The van der Waals surface area contributed by atoms with E-state index in [4.69, 9.17) is 11.6 Å². The summed E-state index contributed by atoms with van der Waals surface area (Å²) in [6.07, 6.45) is 3.82. The van der Waals surface area contributed by atoms with Gasteiger partial charge in [0.2, 0.25) is 5.91 Å². The second-order valence-electron chi connectivity index (χ2n) is 5.50. The molecule has 4 heteroatoms. The van der Waals surface area contributed by atoms with Gasteiger partial charge in [-0.2, -0.15) is 0 Å². The molecule has 0 aliphatic carbocycles. The summed E-state index contributed by atoms with van der Waals surface area (Å²) in [5.74, 6) is -0.0370. The molecule has 1 N–H and O–H groups in total. The number of rotatable bonds is 5. The van der Waals surface area contributed by atoms with Gasteiger partial charge in [0.05, 0.1) is 12.5 Å². The molecule has 24 heavy (non-hydrogen) atoms. The molecule has 1 heterocycles. The van der Waals surface area contributed by atoms with E-state index < -0.39 is 0 Å². The number of hydrogen-bond acceptors (Lipinski definition) is 2. The SMILES string of the molecule is O=C(Cc1ccccc1)N[C@H](c1ccc(Cl)cc1)c1cccnc1. The fourth-order valence-corrected chi connectivity index (χ4v) is 2.68. The fraction of sp³-hybridized carbons (Fsp3) is 0.100. The number of nitrogens with zero attached hydrogens (tertiary/aromatic N) is 1. The summed E-state index contributed by atoms with van der Waals surface area (Å²) in [6.45, 7) is 0. The Morgan fingerprint density at radius 1 is 0.958 bits per heavy atom. The Labute approximate surface area is 146 Å². The maximum absolute atomic E-state index is 12.5. The second kappa shape index (κ2) is 7.75. The van der Waals surface area contributed by atoms with E-state index in [1.165, 1.54) is 0 Å². The van der Waals surface area contributed by atoms with Gasteiger partial charge in [0, 0.05) is 17.4 Å². The van der Waals surface area contributed by atoms with Gasteiger partial charge in [-0.05, 0) is 34.9 Å². The number of amides is 1. The summed E-state index contributed by atoms with van der Waals surface area (Å²) in [5.41, 5.74) is 2.88. The van der Waals surface area contributed by atoms with Crippen LogP contribution in [0.1, 0.15) is 22.7 Å². The van der Waals surface area contributed by atoms with Crippen molar-refractivity contribution in [3.63, 3.8) is 0 Å². The highest BCUT2D eigenvalue weighted by molar-refractivity contribution is 6.30. The summed E-state index contributed by atoms with van der Waals surface area (Å²) in [5, 5.41) is 3.76.